The van der Waals surface area contributed by atoms with E-state index >= 15 is 0 Å². The number of nitrogens with zero attached hydrogens (tertiary/aromatic N) is 3. The molecule has 0 bridgehead atoms. The zero-order valence-corrected chi connectivity index (χ0v) is 11.6. The summed E-state index contributed by atoms with van der Waals surface area (Å²) in [6.07, 6.45) is 3.43. The van der Waals surface area contributed by atoms with E-state index in [1.165, 1.54) is 0 Å². The van der Waals surface area contributed by atoms with Gasteiger partial charge in [-0.1, -0.05) is 0 Å². The smallest absolute Gasteiger partial charge is 0.214 e. The van der Waals surface area contributed by atoms with E-state index in [2.05, 4.69) is 20.6 Å². The minimum atomic E-state index is 0.500. The van der Waals surface area contributed by atoms with Crippen molar-refractivity contribution in [3.63, 3.8) is 0 Å². The van der Waals surface area contributed by atoms with E-state index in [1.807, 2.05) is 31.2 Å². The summed E-state index contributed by atoms with van der Waals surface area (Å²) in [5.41, 5.74) is 4.12. The number of rotatable bonds is 4. The molecule has 0 aliphatic rings. The molecule has 2 N–H and O–H groups in total. The Morgan fingerprint density at radius 2 is 2.10 bits per heavy atom. The van der Waals surface area contributed by atoms with Crippen LogP contribution >= 0.6 is 12.2 Å². The van der Waals surface area contributed by atoms with Crippen molar-refractivity contribution in [1.29, 1.82) is 0 Å². The fourth-order valence-electron chi connectivity index (χ4n) is 1.88. The molecule has 7 heteroatoms. The molecule has 0 aromatic carbocycles. The molecule has 3 rings (SSSR count). The summed E-state index contributed by atoms with van der Waals surface area (Å²) in [6.45, 7) is 2.44. The van der Waals surface area contributed by atoms with E-state index in [4.69, 9.17) is 16.6 Å². The summed E-state index contributed by atoms with van der Waals surface area (Å²) in [7, 11) is 0. The third-order valence-electron chi connectivity index (χ3n) is 2.82. The minimum absolute atomic E-state index is 0.500. The first-order valence-electron chi connectivity index (χ1n) is 6.11. The first-order chi connectivity index (χ1) is 9.74. The molecule has 0 aliphatic heterocycles. The van der Waals surface area contributed by atoms with Crippen LogP contribution in [0.15, 0.2) is 41.1 Å². The standard InChI is InChI=1S/C13H13N5OS/c1-9-2-3-11(19-9)8-15-18-12(16-17-13(18)20)10-4-6-14-7-5-10/h2-7,15H,8H2,1H3,(H,17,20). The fourth-order valence-corrected chi connectivity index (χ4v) is 2.07. The quantitative estimate of drug-likeness (QED) is 0.722. The normalized spacial score (nSPS) is 10.7. The molecule has 3 aromatic heterocycles. The first kappa shape index (κ1) is 12.6. The highest BCUT2D eigenvalue weighted by Gasteiger charge is 2.08. The summed E-state index contributed by atoms with van der Waals surface area (Å²) in [5.74, 6) is 2.43. The van der Waals surface area contributed by atoms with Crippen LogP contribution in [0.2, 0.25) is 0 Å². The Balaban J connectivity index is 1.86. The molecule has 0 atom stereocenters. The number of nitrogens with one attached hydrogen (secondary N) is 2. The highest BCUT2D eigenvalue weighted by molar-refractivity contribution is 7.71. The third-order valence-corrected chi connectivity index (χ3v) is 3.09. The molecule has 6 nitrogen and oxygen atoms in total. The number of aromatic nitrogens is 4. The Hall–Kier alpha value is -2.41. The highest BCUT2D eigenvalue weighted by Crippen LogP contribution is 2.15. The van der Waals surface area contributed by atoms with Gasteiger partial charge in [-0.3, -0.25) is 4.98 Å². The van der Waals surface area contributed by atoms with Crippen molar-refractivity contribution in [2.45, 2.75) is 13.5 Å². The molecule has 0 amide bonds. The molecule has 0 fully saturated rings. The van der Waals surface area contributed by atoms with E-state index in [-0.39, 0.29) is 0 Å². The first-order valence-corrected chi connectivity index (χ1v) is 6.52. The van der Waals surface area contributed by atoms with Gasteiger partial charge in [0.25, 0.3) is 0 Å². The summed E-state index contributed by atoms with van der Waals surface area (Å²) in [6, 6.07) is 7.61. The van der Waals surface area contributed by atoms with Crippen molar-refractivity contribution in [2.75, 3.05) is 5.43 Å². The van der Waals surface area contributed by atoms with E-state index < -0.39 is 0 Å². The van der Waals surface area contributed by atoms with Gasteiger partial charge < -0.3 is 9.84 Å². The lowest BCUT2D eigenvalue weighted by atomic mass is 10.2. The SMILES string of the molecule is Cc1ccc(CNn2c(-c3ccncc3)n[nH]c2=S)o1. The largest absolute Gasteiger partial charge is 0.464 e. The van der Waals surface area contributed by atoms with E-state index in [9.17, 15) is 0 Å². The monoisotopic (exact) mass is 287 g/mol. The average molecular weight is 287 g/mol. The molecule has 0 radical (unpaired) electrons. The second-order valence-corrected chi connectivity index (χ2v) is 4.66. The highest BCUT2D eigenvalue weighted by atomic mass is 32.1. The predicted octanol–water partition coefficient (Wildman–Crippen LogP) is 2.65. The molecular formula is C13H13N5OS. The van der Waals surface area contributed by atoms with Gasteiger partial charge in [-0.25, -0.2) is 9.77 Å². The number of furan rings is 1. The van der Waals surface area contributed by atoms with Crippen LogP contribution in [-0.4, -0.2) is 19.9 Å². The van der Waals surface area contributed by atoms with Crippen LogP contribution in [0.5, 0.6) is 0 Å². The number of hydrogen-bond acceptors (Lipinski definition) is 5. The molecule has 0 aliphatic carbocycles. The van der Waals surface area contributed by atoms with Gasteiger partial charge in [-0.05, 0) is 43.4 Å². The number of pyridine rings is 1. The summed E-state index contributed by atoms with van der Waals surface area (Å²) in [5, 5.41) is 7.01. The van der Waals surface area contributed by atoms with Gasteiger partial charge >= 0.3 is 0 Å². The minimum Gasteiger partial charge on any atom is -0.464 e. The zero-order valence-electron chi connectivity index (χ0n) is 10.8. The van der Waals surface area contributed by atoms with Gasteiger partial charge in [0.15, 0.2) is 5.82 Å². The van der Waals surface area contributed by atoms with Crippen LogP contribution in [-0.2, 0) is 6.54 Å². The Labute approximate surface area is 120 Å². The maximum absolute atomic E-state index is 5.52. The van der Waals surface area contributed by atoms with E-state index in [0.29, 0.717) is 17.1 Å². The third kappa shape index (κ3) is 2.48. The Morgan fingerprint density at radius 1 is 1.30 bits per heavy atom. The van der Waals surface area contributed by atoms with Gasteiger partial charge in [0.2, 0.25) is 4.77 Å². The van der Waals surface area contributed by atoms with Crippen molar-refractivity contribution in [3.05, 3.63) is 53.0 Å². The predicted molar refractivity (Wildman–Crippen MR) is 77.2 cm³/mol. The van der Waals surface area contributed by atoms with Crippen LogP contribution in [0.25, 0.3) is 11.4 Å². The molecule has 0 spiro atoms. The van der Waals surface area contributed by atoms with Crippen molar-refractivity contribution in [3.8, 4) is 11.4 Å². The molecule has 3 heterocycles. The van der Waals surface area contributed by atoms with Crippen LogP contribution < -0.4 is 5.43 Å². The van der Waals surface area contributed by atoms with Crippen LogP contribution in [0.4, 0.5) is 0 Å². The zero-order chi connectivity index (χ0) is 13.9. The van der Waals surface area contributed by atoms with Gasteiger partial charge in [-0.2, -0.15) is 5.10 Å². The Bertz CT molecular complexity index is 758. The van der Waals surface area contributed by atoms with Crippen molar-refractivity contribution >= 4 is 12.2 Å². The Kier molecular flexibility index (Phi) is 3.34. The van der Waals surface area contributed by atoms with Crippen molar-refractivity contribution < 1.29 is 4.42 Å². The van der Waals surface area contributed by atoms with E-state index in [1.54, 1.807) is 17.1 Å². The fraction of sp³-hybridized carbons (Fsp3) is 0.154. The Morgan fingerprint density at radius 3 is 2.80 bits per heavy atom. The van der Waals surface area contributed by atoms with Crippen molar-refractivity contribution in [1.82, 2.24) is 19.9 Å². The number of hydrogen-bond donors (Lipinski definition) is 2. The maximum Gasteiger partial charge on any atom is 0.214 e. The lowest BCUT2D eigenvalue weighted by Gasteiger charge is -2.08. The van der Waals surface area contributed by atoms with Gasteiger partial charge in [0.1, 0.15) is 11.5 Å². The summed E-state index contributed by atoms with van der Waals surface area (Å²) < 4.78 is 7.74. The lowest BCUT2D eigenvalue weighted by Crippen LogP contribution is -2.15. The maximum atomic E-state index is 5.52. The molecular weight excluding hydrogens is 274 g/mol. The summed E-state index contributed by atoms with van der Waals surface area (Å²) >= 11 is 5.23. The summed E-state index contributed by atoms with van der Waals surface area (Å²) in [4.78, 5) is 3.99. The van der Waals surface area contributed by atoms with Crippen LogP contribution in [0.1, 0.15) is 11.5 Å². The van der Waals surface area contributed by atoms with Crippen LogP contribution in [0, 0.1) is 11.7 Å². The number of aromatic amines is 1. The molecule has 102 valence electrons. The van der Waals surface area contributed by atoms with Gasteiger partial charge in [-0.15, -0.1) is 0 Å². The molecule has 0 unspecified atom stereocenters. The lowest BCUT2D eigenvalue weighted by molar-refractivity contribution is 0.484. The number of H-pyrrole nitrogens is 1. The van der Waals surface area contributed by atoms with Gasteiger partial charge in [0, 0.05) is 18.0 Å². The molecule has 0 saturated heterocycles. The molecule has 0 saturated carbocycles. The van der Waals surface area contributed by atoms with E-state index in [0.717, 1.165) is 17.1 Å². The second kappa shape index (κ2) is 5.30. The molecule has 20 heavy (non-hydrogen) atoms. The van der Waals surface area contributed by atoms with Gasteiger partial charge in [0.05, 0.1) is 6.54 Å². The molecule has 3 aromatic rings. The second-order valence-electron chi connectivity index (χ2n) is 4.27. The average Bonchev–Trinajstić information content (AvgIpc) is 3.04. The van der Waals surface area contributed by atoms with Crippen molar-refractivity contribution in [2.24, 2.45) is 0 Å². The topological polar surface area (TPSA) is 71.7 Å². The van der Waals surface area contributed by atoms with Crippen LogP contribution in [0.3, 0.4) is 0 Å². The number of aryl methyl sites for hydroxylation is 1.